The molecule has 2 amide bonds. The Hall–Kier alpha value is -3.90. The summed E-state index contributed by atoms with van der Waals surface area (Å²) >= 11 is 0. The van der Waals surface area contributed by atoms with Gasteiger partial charge in [0.2, 0.25) is 5.91 Å². The second kappa shape index (κ2) is 14.9. The van der Waals surface area contributed by atoms with E-state index in [-0.39, 0.29) is 11.8 Å². The van der Waals surface area contributed by atoms with E-state index >= 15 is 0 Å². The average Bonchev–Trinajstić information content (AvgIpc) is 2.97. The summed E-state index contributed by atoms with van der Waals surface area (Å²) in [6, 6.07) is 26.0. The van der Waals surface area contributed by atoms with Gasteiger partial charge in [0.05, 0.1) is 5.56 Å². The van der Waals surface area contributed by atoms with Crippen molar-refractivity contribution in [2.24, 2.45) is 5.92 Å². The van der Waals surface area contributed by atoms with Gasteiger partial charge in [-0.1, -0.05) is 60.7 Å². The first kappa shape index (κ1) is 28.1. The number of benzene rings is 3. The highest BCUT2D eigenvalue weighted by Gasteiger charge is 2.23. The van der Waals surface area contributed by atoms with Crippen LogP contribution in [0.2, 0.25) is 0 Å². The highest BCUT2D eigenvalue weighted by atomic mass is 16.5. The Balaban J connectivity index is 1.43. The van der Waals surface area contributed by atoms with Crippen molar-refractivity contribution in [3.05, 3.63) is 102 Å². The van der Waals surface area contributed by atoms with Gasteiger partial charge in [-0.05, 0) is 73.9 Å². The first-order valence-electron chi connectivity index (χ1n) is 14.0. The fraction of sp³-hybridized carbons (Fsp3) is 0.333. The molecule has 0 aromatic heterocycles. The van der Waals surface area contributed by atoms with Crippen molar-refractivity contribution < 1.29 is 14.3 Å². The molecule has 4 rings (SSSR count). The van der Waals surface area contributed by atoms with Gasteiger partial charge in [-0.2, -0.15) is 0 Å². The summed E-state index contributed by atoms with van der Waals surface area (Å²) in [4.78, 5) is 28.2. The minimum Gasteiger partial charge on any atom is -0.382 e. The molecule has 1 fully saturated rings. The Kier molecular flexibility index (Phi) is 10.7. The van der Waals surface area contributed by atoms with Crippen LogP contribution in [-0.2, 0) is 16.0 Å². The van der Waals surface area contributed by atoms with E-state index < -0.39 is 0 Å². The van der Waals surface area contributed by atoms with Crippen LogP contribution in [0.25, 0.3) is 6.08 Å². The average molecular weight is 526 g/mol. The largest absolute Gasteiger partial charge is 0.382 e. The van der Waals surface area contributed by atoms with E-state index in [2.05, 4.69) is 45.9 Å². The molecule has 1 aliphatic heterocycles. The van der Waals surface area contributed by atoms with Gasteiger partial charge < -0.3 is 20.3 Å². The van der Waals surface area contributed by atoms with Gasteiger partial charge in [-0.3, -0.25) is 9.59 Å². The summed E-state index contributed by atoms with van der Waals surface area (Å²) in [5, 5.41) is 5.95. The predicted octanol–water partition coefficient (Wildman–Crippen LogP) is 5.95. The zero-order valence-electron chi connectivity index (χ0n) is 22.8. The van der Waals surface area contributed by atoms with Crippen molar-refractivity contribution in [1.29, 1.82) is 0 Å². The molecule has 1 saturated heterocycles. The second-order valence-corrected chi connectivity index (χ2v) is 9.89. The van der Waals surface area contributed by atoms with Gasteiger partial charge in [0, 0.05) is 50.3 Å². The van der Waals surface area contributed by atoms with Gasteiger partial charge in [0.25, 0.3) is 5.91 Å². The molecule has 204 valence electrons. The molecule has 3 aromatic carbocycles. The van der Waals surface area contributed by atoms with Crippen molar-refractivity contribution in [1.82, 2.24) is 5.32 Å². The standard InChI is InChI=1S/C33H39N3O3/c1-2-39-23-9-20-34-33(38)30-25-29(35-32(37)17-14-26-10-5-3-6-11-26)15-16-31(30)36-21-18-28(19-22-36)24-27-12-7-4-8-13-27/h3-8,10-17,25,28H,2,9,18-24H2,1H3,(H,34,38)(H,35,37). The van der Waals surface area contributed by atoms with Crippen LogP contribution in [0.3, 0.4) is 0 Å². The van der Waals surface area contributed by atoms with Crippen molar-refractivity contribution in [2.75, 3.05) is 43.1 Å². The lowest BCUT2D eigenvalue weighted by Gasteiger charge is -2.35. The number of anilines is 2. The number of hydrogen-bond acceptors (Lipinski definition) is 4. The number of carbonyl (C=O) groups excluding carboxylic acids is 2. The summed E-state index contributed by atoms with van der Waals surface area (Å²) in [6.45, 7) is 5.57. The zero-order chi connectivity index (χ0) is 27.3. The monoisotopic (exact) mass is 525 g/mol. The smallest absolute Gasteiger partial charge is 0.253 e. The first-order chi connectivity index (χ1) is 19.1. The van der Waals surface area contributed by atoms with Crippen LogP contribution in [0, 0.1) is 5.92 Å². The highest BCUT2D eigenvalue weighted by molar-refractivity contribution is 6.05. The normalized spacial score (nSPS) is 13.9. The van der Waals surface area contributed by atoms with Gasteiger partial charge in [0.15, 0.2) is 0 Å². The topological polar surface area (TPSA) is 70.7 Å². The Morgan fingerprint density at radius 2 is 1.69 bits per heavy atom. The number of amides is 2. The summed E-state index contributed by atoms with van der Waals surface area (Å²) in [5.74, 6) is 0.259. The Morgan fingerprint density at radius 3 is 2.41 bits per heavy atom. The Morgan fingerprint density at radius 1 is 0.974 bits per heavy atom. The Bertz CT molecular complexity index is 1220. The van der Waals surface area contributed by atoms with Crippen molar-refractivity contribution in [2.45, 2.75) is 32.6 Å². The SMILES string of the molecule is CCOCCCNC(=O)c1cc(NC(=O)C=Cc2ccccc2)ccc1N1CCC(Cc2ccccc2)CC1. The number of piperidine rings is 1. The molecule has 0 spiro atoms. The maximum Gasteiger partial charge on any atom is 0.253 e. The van der Waals surface area contributed by atoms with Crippen LogP contribution in [0.5, 0.6) is 0 Å². The molecule has 0 aliphatic carbocycles. The van der Waals surface area contributed by atoms with Gasteiger partial charge in [-0.25, -0.2) is 0 Å². The third kappa shape index (κ3) is 8.82. The highest BCUT2D eigenvalue weighted by Crippen LogP contribution is 2.30. The van der Waals surface area contributed by atoms with Crippen LogP contribution < -0.4 is 15.5 Å². The minimum absolute atomic E-state index is 0.135. The molecule has 39 heavy (non-hydrogen) atoms. The molecule has 0 bridgehead atoms. The maximum absolute atomic E-state index is 13.3. The number of rotatable bonds is 12. The molecular formula is C33H39N3O3. The zero-order valence-corrected chi connectivity index (χ0v) is 22.8. The molecule has 3 aromatic rings. The van der Waals surface area contributed by atoms with E-state index in [0.29, 0.717) is 36.9 Å². The predicted molar refractivity (Wildman–Crippen MR) is 159 cm³/mol. The van der Waals surface area contributed by atoms with E-state index in [0.717, 1.165) is 50.0 Å². The third-order valence-electron chi connectivity index (χ3n) is 7.01. The quantitative estimate of drug-likeness (QED) is 0.226. The number of carbonyl (C=O) groups is 2. The number of nitrogens with zero attached hydrogens (tertiary/aromatic N) is 1. The van der Waals surface area contributed by atoms with Gasteiger partial charge in [-0.15, -0.1) is 0 Å². The fourth-order valence-corrected chi connectivity index (χ4v) is 4.93. The Labute approximate surface area is 232 Å². The maximum atomic E-state index is 13.3. The molecule has 1 heterocycles. The molecule has 2 N–H and O–H groups in total. The lowest BCUT2D eigenvalue weighted by atomic mass is 9.89. The summed E-state index contributed by atoms with van der Waals surface area (Å²) in [6.07, 6.45) is 7.27. The number of nitrogens with one attached hydrogen (secondary N) is 2. The third-order valence-corrected chi connectivity index (χ3v) is 7.01. The van der Waals surface area contributed by atoms with Crippen molar-refractivity contribution >= 4 is 29.3 Å². The van der Waals surface area contributed by atoms with E-state index in [9.17, 15) is 9.59 Å². The van der Waals surface area contributed by atoms with E-state index in [4.69, 9.17) is 4.74 Å². The van der Waals surface area contributed by atoms with Gasteiger partial charge >= 0.3 is 0 Å². The van der Waals surface area contributed by atoms with Crippen LogP contribution in [0.4, 0.5) is 11.4 Å². The van der Waals surface area contributed by atoms with Crippen molar-refractivity contribution in [3.8, 4) is 0 Å². The summed E-state index contributed by atoms with van der Waals surface area (Å²) in [7, 11) is 0. The first-order valence-corrected chi connectivity index (χ1v) is 14.0. The lowest BCUT2D eigenvalue weighted by Crippen LogP contribution is -2.36. The fourth-order valence-electron chi connectivity index (χ4n) is 4.93. The van der Waals surface area contributed by atoms with Crippen LogP contribution in [0.15, 0.2) is 84.9 Å². The van der Waals surface area contributed by atoms with Gasteiger partial charge in [0.1, 0.15) is 0 Å². The minimum atomic E-state index is -0.239. The summed E-state index contributed by atoms with van der Waals surface area (Å²) in [5.41, 5.74) is 4.42. The second-order valence-electron chi connectivity index (χ2n) is 9.89. The van der Waals surface area contributed by atoms with Crippen LogP contribution in [-0.4, -0.2) is 44.7 Å². The summed E-state index contributed by atoms with van der Waals surface area (Å²) < 4.78 is 5.40. The van der Waals surface area contributed by atoms with E-state index in [1.165, 1.54) is 11.6 Å². The number of ether oxygens (including phenoxy) is 1. The molecule has 6 nitrogen and oxygen atoms in total. The molecule has 0 atom stereocenters. The van der Waals surface area contributed by atoms with Crippen LogP contribution >= 0.6 is 0 Å². The molecule has 1 aliphatic rings. The molecule has 0 unspecified atom stereocenters. The van der Waals surface area contributed by atoms with E-state index in [1.54, 1.807) is 12.1 Å². The molecular weight excluding hydrogens is 486 g/mol. The number of hydrogen-bond donors (Lipinski definition) is 2. The lowest BCUT2D eigenvalue weighted by molar-refractivity contribution is -0.111. The molecule has 6 heteroatoms. The molecule has 0 radical (unpaired) electrons. The van der Waals surface area contributed by atoms with Crippen molar-refractivity contribution in [3.63, 3.8) is 0 Å². The van der Waals surface area contributed by atoms with Crippen LogP contribution in [0.1, 0.15) is 47.7 Å². The van der Waals surface area contributed by atoms with E-state index in [1.807, 2.05) is 49.4 Å². The molecule has 0 saturated carbocycles.